The van der Waals surface area contributed by atoms with E-state index in [0.717, 1.165) is 51.2 Å². The lowest BCUT2D eigenvalue weighted by Crippen LogP contribution is -2.24. The van der Waals surface area contributed by atoms with Crippen molar-refractivity contribution in [2.24, 2.45) is 0 Å². The summed E-state index contributed by atoms with van der Waals surface area (Å²) >= 11 is 0. The summed E-state index contributed by atoms with van der Waals surface area (Å²) in [6, 6.07) is 48.1. The van der Waals surface area contributed by atoms with Crippen LogP contribution in [-0.4, -0.2) is 4.40 Å². The van der Waals surface area contributed by atoms with Crippen LogP contribution in [0.4, 0.5) is 11.4 Å². The highest BCUT2D eigenvalue weighted by Crippen LogP contribution is 2.42. The van der Waals surface area contributed by atoms with Crippen LogP contribution in [0.25, 0.3) is 72.3 Å². The van der Waals surface area contributed by atoms with Crippen molar-refractivity contribution < 1.29 is 4.42 Å². The predicted octanol–water partition coefficient (Wildman–Crippen LogP) is 13.1. The van der Waals surface area contributed by atoms with Crippen LogP contribution in [0.5, 0.6) is 0 Å². The molecule has 1 unspecified atom stereocenters. The fourth-order valence-corrected chi connectivity index (χ4v) is 8.59. The molecule has 0 N–H and O–H groups in total. The molecular weight excluding hydrogens is 693 g/mol. The van der Waals surface area contributed by atoms with Crippen molar-refractivity contribution in [3.63, 3.8) is 0 Å². The summed E-state index contributed by atoms with van der Waals surface area (Å²) < 4.78 is 8.67. The second kappa shape index (κ2) is 13.7. The predicted molar refractivity (Wildman–Crippen MR) is 243 cm³/mol. The van der Waals surface area contributed by atoms with Crippen LogP contribution in [-0.2, 0) is 0 Å². The summed E-state index contributed by atoms with van der Waals surface area (Å²) in [5, 5.41) is 7.45. The van der Waals surface area contributed by atoms with E-state index in [9.17, 15) is 0 Å². The summed E-state index contributed by atoms with van der Waals surface area (Å²) in [5.41, 5.74) is 13.7. The zero-order chi connectivity index (χ0) is 38.6. The molecule has 0 amide bonds. The Bertz CT molecular complexity index is 3190. The third-order valence-corrected chi connectivity index (χ3v) is 11.4. The van der Waals surface area contributed by atoms with E-state index in [1.807, 2.05) is 36.4 Å². The van der Waals surface area contributed by atoms with Crippen molar-refractivity contribution in [1.82, 2.24) is 4.40 Å². The molecule has 3 nitrogen and oxygen atoms in total. The van der Waals surface area contributed by atoms with E-state index >= 15 is 0 Å². The largest absolute Gasteiger partial charge is 0.456 e. The van der Waals surface area contributed by atoms with Crippen molar-refractivity contribution in [3.05, 3.63) is 223 Å². The molecule has 1 atom stereocenters. The van der Waals surface area contributed by atoms with Gasteiger partial charge in [-0.2, -0.15) is 0 Å². The van der Waals surface area contributed by atoms with Gasteiger partial charge in [0.1, 0.15) is 11.0 Å². The van der Waals surface area contributed by atoms with Crippen LogP contribution in [0.1, 0.15) is 17.9 Å². The van der Waals surface area contributed by atoms with E-state index in [1.54, 1.807) is 6.08 Å². The lowest BCUT2D eigenvalue weighted by atomic mass is 9.92. The maximum atomic E-state index is 6.25. The van der Waals surface area contributed by atoms with Crippen LogP contribution in [0, 0.1) is 0 Å². The number of furan rings is 1. The summed E-state index contributed by atoms with van der Waals surface area (Å²) in [7, 11) is 0. The van der Waals surface area contributed by atoms with Crippen LogP contribution < -0.4 is 15.5 Å². The van der Waals surface area contributed by atoms with Gasteiger partial charge in [-0.3, -0.25) is 0 Å². The first-order valence-electron chi connectivity index (χ1n) is 19.4. The van der Waals surface area contributed by atoms with Gasteiger partial charge in [0.05, 0.1) is 16.6 Å². The lowest BCUT2D eigenvalue weighted by molar-refractivity contribution is 0.569. The molecule has 272 valence electrons. The molecule has 6 aromatic carbocycles. The number of rotatable bonds is 10. The molecule has 1 aliphatic rings. The number of hydrogen-bond donors (Lipinski definition) is 0. The van der Waals surface area contributed by atoms with Gasteiger partial charge in [0.25, 0.3) is 0 Å². The number of anilines is 2. The molecule has 0 fully saturated rings. The zero-order valence-corrected chi connectivity index (χ0v) is 31.7. The van der Waals surface area contributed by atoms with Gasteiger partial charge < -0.3 is 13.7 Å². The summed E-state index contributed by atoms with van der Waals surface area (Å²) in [4.78, 5) is 2.19. The van der Waals surface area contributed by atoms with Gasteiger partial charge in [-0.25, -0.2) is 0 Å². The number of nitrogens with zero attached hydrogens (tertiary/aromatic N) is 2. The van der Waals surface area contributed by atoms with E-state index in [4.69, 9.17) is 4.42 Å². The minimum Gasteiger partial charge on any atom is -0.456 e. The summed E-state index contributed by atoms with van der Waals surface area (Å²) in [5.74, 6) is 0.222. The van der Waals surface area contributed by atoms with Gasteiger partial charge in [-0.15, -0.1) is 0 Å². The molecule has 3 aromatic heterocycles. The molecule has 0 aliphatic heterocycles. The first-order valence-corrected chi connectivity index (χ1v) is 19.4. The molecule has 0 saturated carbocycles. The summed E-state index contributed by atoms with van der Waals surface area (Å²) in [6.07, 6.45) is 15.0. The molecule has 0 saturated heterocycles. The van der Waals surface area contributed by atoms with E-state index in [0.29, 0.717) is 0 Å². The van der Waals surface area contributed by atoms with Crippen molar-refractivity contribution in [2.45, 2.75) is 12.3 Å². The highest BCUT2D eigenvalue weighted by Gasteiger charge is 2.20. The van der Waals surface area contributed by atoms with Crippen molar-refractivity contribution in [2.75, 3.05) is 4.90 Å². The average Bonchev–Trinajstić information content (AvgIpc) is 3.92. The number of fused-ring (bicyclic) bond motifs is 9. The lowest BCUT2D eigenvalue weighted by Gasteiger charge is -2.26. The fraction of sp³-hybridized carbons (Fsp3) is 0.0370. The quantitative estimate of drug-likeness (QED) is 0.131. The van der Waals surface area contributed by atoms with Gasteiger partial charge in [0, 0.05) is 55.1 Å². The molecule has 0 bridgehead atoms. The van der Waals surface area contributed by atoms with Gasteiger partial charge in [0.15, 0.2) is 0 Å². The molecule has 0 spiro atoms. The van der Waals surface area contributed by atoms with Crippen molar-refractivity contribution in [1.29, 1.82) is 0 Å². The van der Waals surface area contributed by atoms with E-state index in [1.165, 1.54) is 59.8 Å². The van der Waals surface area contributed by atoms with Crippen LogP contribution in [0.3, 0.4) is 0 Å². The third kappa shape index (κ3) is 5.75. The minimum atomic E-state index is 0.222. The van der Waals surface area contributed by atoms with Gasteiger partial charge in [-0.05, 0) is 101 Å². The molecule has 57 heavy (non-hydrogen) atoms. The zero-order valence-electron chi connectivity index (χ0n) is 31.7. The highest BCUT2D eigenvalue weighted by atomic mass is 16.3. The second-order valence-electron chi connectivity index (χ2n) is 14.8. The van der Waals surface area contributed by atoms with Gasteiger partial charge >= 0.3 is 0 Å². The van der Waals surface area contributed by atoms with E-state index in [-0.39, 0.29) is 5.92 Å². The maximum Gasteiger partial charge on any atom is 0.135 e. The van der Waals surface area contributed by atoms with Crippen molar-refractivity contribution in [3.8, 4) is 11.1 Å². The molecule has 9 aromatic rings. The third-order valence-electron chi connectivity index (χ3n) is 11.4. The Kier molecular flexibility index (Phi) is 8.23. The van der Waals surface area contributed by atoms with Crippen LogP contribution in [0.15, 0.2) is 211 Å². The first kappa shape index (κ1) is 34.2. The highest BCUT2D eigenvalue weighted by molar-refractivity contribution is 6.24. The second-order valence-corrected chi connectivity index (χ2v) is 14.8. The Balaban J connectivity index is 1.02. The molecule has 1 aliphatic carbocycles. The Morgan fingerprint density at radius 3 is 1.89 bits per heavy atom. The molecule has 3 heteroatoms. The average molecular weight is 733 g/mol. The molecule has 3 heterocycles. The SMILES string of the molecule is C=CC=CC(=C)C(=C)C=CC(=C)N(c1ccc(-c2cc3c4ccccc4n4c5ccccc5c(c2)c34)cc1)c1ccc(C2C=c3oc4ccccc4c3=CC2)cc1. The standard InChI is InChI=1S/C54H40N2O/c1-5-6-13-35(2)36(3)20-21-37(4)55(42-27-22-38(23-28-42)40-26-31-47-46-16-9-12-19-52(46)57-53(47)34-40)43-29-24-39(25-30-43)41-32-48-44-14-7-10-17-50(44)56-51-18-11-8-15-45(51)49(33-41)54(48)56/h5-25,27-34,40H,1-4,26H2. The number of aromatic nitrogens is 1. The number of hydrogen-bond acceptors (Lipinski definition) is 2. The Labute approximate surface area is 331 Å². The number of allylic oxidation sites excluding steroid dienone is 7. The smallest absolute Gasteiger partial charge is 0.135 e. The van der Waals surface area contributed by atoms with E-state index < -0.39 is 0 Å². The first-order chi connectivity index (χ1) is 28.0. The van der Waals surface area contributed by atoms with Gasteiger partial charge in [-0.1, -0.05) is 136 Å². The van der Waals surface area contributed by atoms with Gasteiger partial charge in [0.2, 0.25) is 0 Å². The van der Waals surface area contributed by atoms with Crippen LogP contribution in [0.2, 0.25) is 0 Å². The minimum absolute atomic E-state index is 0.222. The normalized spacial score (nSPS) is 14.1. The molecule has 0 radical (unpaired) electrons. The maximum absolute atomic E-state index is 6.25. The number of para-hydroxylation sites is 3. The summed E-state index contributed by atoms with van der Waals surface area (Å²) in [6.45, 7) is 16.7. The topological polar surface area (TPSA) is 20.8 Å². The number of benzene rings is 6. The van der Waals surface area contributed by atoms with Crippen molar-refractivity contribution >= 4 is 72.6 Å². The molecule has 10 rings (SSSR count). The Morgan fingerprint density at radius 2 is 1.23 bits per heavy atom. The fourth-order valence-electron chi connectivity index (χ4n) is 8.59. The monoisotopic (exact) mass is 732 g/mol. The Hall–Kier alpha value is -7.36. The molecular formula is C54H40N2O. The van der Waals surface area contributed by atoms with E-state index in [2.05, 4.69) is 169 Å². The van der Waals surface area contributed by atoms with Crippen LogP contribution >= 0.6 is 0 Å². The Morgan fingerprint density at radius 1 is 0.632 bits per heavy atom.